The first-order chi connectivity index (χ1) is 7.27. The molecule has 0 aliphatic carbocycles. The number of carbonyl (C=O) groups excluding carboxylic acids is 1. The van der Waals surface area contributed by atoms with Crippen LogP contribution in [0.25, 0.3) is 0 Å². The van der Waals surface area contributed by atoms with E-state index in [2.05, 4.69) is 20.9 Å². The van der Waals surface area contributed by atoms with Crippen molar-refractivity contribution in [1.29, 1.82) is 0 Å². The molecule has 0 aromatic carbocycles. The Hall–Kier alpha value is -1.62. The van der Waals surface area contributed by atoms with Crippen molar-refractivity contribution in [3.05, 3.63) is 24.0 Å². The number of hydrogen-bond donors (Lipinski definition) is 3. The second-order valence-corrected chi connectivity index (χ2v) is 3.04. The van der Waals surface area contributed by atoms with Gasteiger partial charge in [0, 0.05) is 32.0 Å². The summed E-state index contributed by atoms with van der Waals surface area (Å²) in [7, 11) is 3.48. The van der Waals surface area contributed by atoms with Crippen molar-refractivity contribution in [3.63, 3.8) is 0 Å². The molecular weight excluding hydrogens is 192 g/mol. The standard InChI is InChI=1S/C10H16N4O/c1-11-5-6-13-8-3-4-14-9(7-8)10(15)12-2/h3-4,7,11H,5-6H2,1-2H3,(H,12,15)(H,13,14). The Morgan fingerprint density at radius 1 is 1.40 bits per heavy atom. The summed E-state index contributed by atoms with van der Waals surface area (Å²) in [5, 5.41) is 8.75. The van der Waals surface area contributed by atoms with Crippen molar-refractivity contribution in [3.8, 4) is 0 Å². The molecule has 0 atom stereocenters. The summed E-state index contributed by atoms with van der Waals surface area (Å²) in [6.45, 7) is 1.69. The van der Waals surface area contributed by atoms with E-state index < -0.39 is 0 Å². The highest BCUT2D eigenvalue weighted by molar-refractivity contribution is 5.92. The molecule has 0 saturated heterocycles. The molecule has 1 aromatic heterocycles. The van der Waals surface area contributed by atoms with Gasteiger partial charge in [-0.25, -0.2) is 0 Å². The molecule has 0 spiro atoms. The van der Waals surface area contributed by atoms with Gasteiger partial charge in [-0.15, -0.1) is 0 Å². The molecule has 1 heterocycles. The maximum absolute atomic E-state index is 11.3. The Kier molecular flexibility index (Phi) is 4.56. The monoisotopic (exact) mass is 208 g/mol. The summed E-state index contributed by atoms with van der Waals surface area (Å²) < 4.78 is 0. The molecule has 0 aliphatic heterocycles. The minimum atomic E-state index is -0.174. The number of anilines is 1. The Morgan fingerprint density at radius 2 is 2.20 bits per heavy atom. The van der Waals surface area contributed by atoms with Gasteiger partial charge in [0.15, 0.2) is 0 Å². The lowest BCUT2D eigenvalue weighted by atomic mass is 10.3. The number of nitrogens with one attached hydrogen (secondary N) is 3. The van der Waals surface area contributed by atoms with Crippen LogP contribution in [0.15, 0.2) is 18.3 Å². The van der Waals surface area contributed by atoms with E-state index in [0.717, 1.165) is 18.8 Å². The summed E-state index contributed by atoms with van der Waals surface area (Å²) >= 11 is 0. The molecule has 0 radical (unpaired) electrons. The van der Waals surface area contributed by atoms with E-state index in [4.69, 9.17) is 0 Å². The molecule has 0 saturated carbocycles. The number of rotatable bonds is 5. The zero-order valence-electron chi connectivity index (χ0n) is 9.00. The Balaban J connectivity index is 2.62. The summed E-state index contributed by atoms with van der Waals surface area (Å²) in [4.78, 5) is 15.3. The van der Waals surface area contributed by atoms with Gasteiger partial charge < -0.3 is 16.0 Å². The fourth-order valence-electron chi connectivity index (χ4n) is 1.12. The lowest BCUT2D eigenvalue weighted by molar-refractivity contribution is 0.0958. The molecule has 0 aliphatic rings. The minimum Gasteiger partial charge on any atom is -0.384 e. The van der Waals surface area contributed by atoms with E-state index in [9.17, 15) is 4.79 Å². The molecule has 3 N–H and O–H groups in total. The van der Waals surface area contributed by atoms with Crippen molar-refractivity contribution in [2.75, 3.05) is 32.5 Å². The van der Waals surface area contributed by atoms with E-state index in [1.54, 1.807) is 19.3 Å². The highest BCUT2D eigenvalue weighted by atomic mass is 16.1. The predicted octanol–water partition coefficient (Wildman–Crippen LogP) is 0.0725. The molecule has 1 rings (SSSR count). The smallest absolute Gasteiger partial charge is 0.269 e. The van der Waals surface area contributed by atoms with E-state index >= 15 is 0 Å². The molecule has 0 unspecified atom stereocenters. The lowest BCUT2D eigenvalue weighted by Gasteiger charge is -2.06. The van der Waals surface area contributed by atoms with Crippen LogP contribution in [0.1, 0.15) is 10.5 Å². The fourth-order valence-corrected chi connectivity index (χ4v) is 1.12. The summed E-state index contributed by atoms with van der Waals surface area (Å²) in [5.74, 6) is -0.174. The number of pyridine rings is 1. The van der Waals surface area contributed by atoms with Crippen LogP contribution in [-0.4, -0.2) is 38.1 Å². The quantitative estimate of drug-likeness (QED) is 0.599. The summed E-state index contributed by atoms with van der Waals surface area (Å²) in [6.07, 6.45) is 1.62. The van der Waals surface area contributed by atoms with Crippen LogP contribution in [0.3, 0.4) is 0 Å². The van der Waals surface area contributed by atoms with Crippen molar-refractivity contribution in [2.24, 2.45) is 0 Å². The van der Waals surface area contributed by atoms with Gasteiger partial charge in [-0.3, -0.25) is 9.78 Å². The summed E-state index contributed by atoms with van der Waals surface area (Å²) in [5.41, 5.74) is 1.32. The van der Waals surface area contributed by atoms with Crippen LogP contribution in [-0.2, 0) is 0 Å². The van der Waals surface area contributed by atoms with Gasteiger partial charge in [-0.1, -0.05) is 0 Å². The topological polar surface area (TPSA) is 66.0 Å². The third-order valence-electron chi connectivity index (χ3n) is 1.92. The Bertz CT molecular complexity index is 327. The second-order valence-electron chi connectivity index (χ2n) is 3.04. The molecule has 15 heavy (non-hydrogen) atoms. The largest absolute Gasteiger partial charge is 0.384 e. The molecule has 1 aromatic rings. The van der Waals surface area contributed by atoms with E-state index in [-0.39, 0.29) is 5.91 Å². The molecule has 0 bridgehead atoms. The third-order valence-corrected chi connectivity index (χ3v) is 1.92. The van der Waals surface area contributed by atoms with Gasteiger partial charge in [0.2, 0.25) is 0 Å². The maximum atomic E-state index is 11.3. The van der Waals surface area contributed by atoms with Gasteiger partial charge in [0.25, 0.3) is 5.91 Å². The van der Waals surface area contributed by atoms with Gasteiger partial charge in [0.05, 0.1) is 0 Å². The van der Waals surface area contributed by atoms with Crippen molar-refractivity contribution in [2.45, 2.75) is 0 Å². The maximum Gasteiger partial charge on any atom is 0.269 e. The molecule has 1 amide bonds. The van der Waals surface area contributed by atoms with Crippen LogP contribution in [0.2, 0.25) is 0 Å². The number of aromatic nitrogens is 1. The van der Waals surface area contributed by atoms with Gasteiger partial charge in [-0.05, 0) is 19.2 Å². The third kappa shape index (κ3) is 3.55. The predicted molar refractivity (Wildman–Crippen MR) is 60.0 cm³/mol. The first-order valence-electron chi connectivity index (χ1n) is 4.84. The SMILES string of the molecule is CNCCNc1ccnc(C(=O)NC)c1. The number of carbonyl (C=O) groups is 1. The Labute approximate surface area is 89.3 Å². The highest BCUT2D eigenvalue weighted by Crippen LogP contribution is 2.06. The number of nitrogens with zero attached hydrogens (tertiary/aromatic N) is 1. The van der Waals surface area contributed by atoms with E-state index in [1.165, 1.54) is 0 Å². The van der Waals surface area contributed by atoms with Gasteiger partial charge >= 0.3 is 0 Å². The molecule has 5 nitrogen and oxygen atoms in total. The average Bonchev–Trinajstić information content (AvgIpc) is 2.29. The number of likely N-dealkylation sites (N-methyl/N-ethyl adjacent to an activating group) is 1. The molecular formula is C10H16N4O. The van der Waals surface area contributed by atoms with Gasteiger partial charge in [0.1, 0.15) is 5.69 Å². The highest BCUT2D eigenvalue weighted by Gasteiger charge is 2.04. The average molecular weight is 208 g/mol. The Morgan fingerprint density at radius 3 is 2.87 bits per heavy atom. The van der Waals surface area contributed by atoms with Crippen molar-refractivity contribution in [1.82, 2.24) is 15.6 Å². The molecule has 5 heteroatoms. The van der Waals surface area contributed by atoms with E-state index in [1.807, 2.05) is 13.1 Å². The molecule has 82 valence electrons. The summed E-state index contributed by atoms with van der Waals surface area (Å²) in [6, 6.07) is 3.57. The normalized spacial score (nSPS) is 9.73. The zero-order valence-corrected chi connectivity index (χ0v) is 9.00. The molecule has 0 fully saturated rings. The van der Waals surface area contributed by atoms with Crippen LogP contribution in [0.4, 0.5) is 5.69 Å². The fraction of sp³-hybridized carbons (Fsp3) is 0.400. The zero-order chi connectivity index (χ0) is 11.1. The van der Waals surface area contributed by atoms with Crippen molar-refractivity contribution < 1.29 is 4.79 Å². The number of amides is 1. The van der Waals surface area contributed by atoms with Gasteiger partial charge in [-0.2, -0.15) is 0 Å². The number of hydrogen-bond acceptors (Lipinski definition) is 4. The lowest BCUT2D eigenvalue weighted by Crippen LogP contribution is -2.20. The van der Waals surface area contributed by atoms with Crippen LogP contribution in [0.5, 0.6) is 0 Å². The second kappa shape index (κ2) is 5.98. The van der Waals surface area contributed by atoms with Crippen molar-refractivity contribution >= 4 is 11.6 Å². The first kappa shape index (κ1) is 11.5. The van der Waals surface area contributed by atoms with Crippen LogP contribution < -0.4 is 16.0 Å². The van der Waals surface area contributed by atoms with E-state index in [0.29, 0.717) is 5.69 Å². The van der Waals surface area contributed by atoms with Crippen LogP contribution in [0, 0.1) is 0 Å². The first-order valence-corrected chi connectivity index (χ1v) is 4.84. The minimum absolute atomic E-state index is 0.174. The van der Waals surface area contributed by atoms with Crippen LogP contribution >= 0.6 is 0 Å².